The first-order valence-corrected chi connectivity index (χ1v) is 7.60. The van der Waals surface area contributed by atoms with Crippen LogP contribution in [0.2, 0.25) is 0 Å². The number of hydrogen-bond donors (Lipinski definition) is 2. The number of halogens is 2. The van der Waals surface area contributed by atoms with Crippen LogP contribution in [0.25, 0.3) is 0 Å². The highest BCUT2D eigenvalue weighted by Gasteiger charge is 2.18. The number of nitrogen functional groups attached to an aromatic ring is 1. The van der Waals surface area contributed by atoms with Gasteiger partial charge >= 0.3 is 0 Å². The number of nitrogens with zero attached hydrogens (tertiary/aromatic N) is 1. The smallest absolute Gasteiger partial charge is 0.0548 e. The summed E-state index contributed by atoms with van der Waals surface area (Å²) in [4.78, 5) is 4.57. The number of hydrogen-bond acceptors (Lipinski definition) is 3. The maximum Gasteiger partial charge on any atom is 0.0548 e. The Hall–Kier alpha value is -0.390. The van der Waals surface area contributed by atoms with Crippen molar-refractivity contribution in [3.63, 3.8) is 0 Å². The van der Waals surface area contributed by atoms with Gasteiger partial charge in [-0.05, 0) is 53.7 Å². The fourth-order valence-electron chi connectivity index (χ4n) is 2.10. The lowest BCUT2D eigenvalue weighted by atomic mass is 9.93. The second kappa shape index (κ2) is 6.17. The topological polar surface area (TPSA) is 58.6 Å². The fourth-order valence-corrected chi connectivity index (χ4v) is 3.36. The minimum absolute atomic E-state index is 0.137. The van der Waals surface area contributed by atoms with Gasteiger partial charge in [-0.2, -0.15) is 0 Å². The molecule has 0 unspecified atom stereocenters. The van der Waals surface area contributed by atoms with Crippen molar-refractivity contribution in [1.29, 1.82) is 0 Å². The highest BCUT2D eigenvalue weighted by Crippen LogP contribution is 2.28. The Labute approximate surface area is 124 Å². The van der Waals surface area contributed by atoms with Gasteiger partial charge in [-0.3, -0.25) is 4.99 Å². The van der Waals surface area contributed by atoms with Crippen LogP contribution in [0.1, 0.15) is 31.2 Å². The molecule has 98 valence electrons. The maximum absolute atomic E-state index is 9.44. The molecule has 1 saturated carbocycles. The minimum atomic E-state index is -0.137. The van der Waals surface area contributed by atoms with Crippen molar-refractivity contribution in [2.24, 2.45) is 4.99 Å². The molecule has 0 amide bonds. The summed E-state index contributed by atoms with van der Waals surface area (Å²) in [6.07, 6.45) is 5.30. The molecule has 5 heteroatoms. The van der Waals surface area contributed by atoms with Crippen LogP contribution >= 0.6 is 31.9 Å². The molecule has 0 saturated heterocycles. The molecule has 3 N–H and O–H groups in total. The summed E-state index contributed by atoms with van der Waals surface area (Å²) in [5.41, 5.74) is 7.62. The van der Waals surface area contributed by atoms with Crippen LogP contribution in [0.3, 0.4) is 0 Å². The van der Waals surface area contributed by atoms with E-state index < -0.39 is 0 Å². The molecule has 0 spiro atoms. The zero-order chi connectivity index (χ0) is 13.1. The maximum atomic E-state index is 9.44. The second-order valence-electron chi connectivity index (χ2n) is 4.63. The molecule has 0 heterocycles. The highest BCUT2D eigenvalue weighted by molar-refractivity contribution is 9.11. The molecule has 1 aliphatic rings. The van der Waals surface area contributed by atoms with Gasteiger partial charge in [0.1, 0.15) is 0 Å². The normalized spacial score (nSPS) is 24.6. The molecule has 1 fully saturated rings. The average Bonchev–Trinajstić information content (AvgIpc) is 2.34. The van der Waals surface area contributed by atoms with Gasteiger partial charge in [-0.1, -0.05) is 15.9 Å². The van der Waals surface area contributed by atoms with Crippen molar-refractivity contribution in [2.75, 3.05) is 5.73 Å². The van der Waals surface area contributed by atoms with Gasteiger partial charge in [0.25, 0.3) is 0 Å². The predicted molar refractivity (Wildman–Crippen MR) is 82.1 cm³/mol. The summed E-state index contributed by atoms with van der Waals surface area (Å²) in [6.45, 7) is 0. The van der Waals surface area contributed by atoms with Crippen LogP contribution in [0.4, 0.5) is 5.69 Å². The molecule has 1 aromatic carbocycles. The van der Waals surface area contributed by atoms with Crippen LogP contribution in [0.15, 0.2) is 26.1 Å². The number of benzene rings is 1. The van der Waals surface area contributed by atoms with E-state index in [2.05, 4.69) is 36.9 Å². The van der Waals surface area contributed by atoms with Crippen molar-refractivity contribution in [3.05, 3.63) is 26.6 Å². The summed E-state index contributed by atoms with van der Waals surface area (Å²) in [5.74, 6) is 0. The van der Waals surface area contributed by atoms with Crippen molar-refractivity contribution < 1.29 is 5.11 Å². The van der Waals surface area contributed by atoms with Gasteiger partial charge in [0, 0.05) is 20.7 Å². The third-order valence-electron chi connectivity index (χ3n) is 3.22. The van der Waals surface area contributed by atoms with Crippen LogP contribution in [-0.2, 0) is 0 Å². The van der Waals surface area contributed by atoms with Crippen LogP contribution < -0.4 is 5.73 Å². The molecule has 3 nitrogen and oxygen atoms in total. The first kappa shape index (κ1) is 14.0. The van der Waals surface area contributed by atoms with Crippen LogP contribution in [0.5, 0.6) is 0 Å². The van der Waals surface area contributed by atoms with E-state index in [-0.39, 0.29) is 6.10 Å². The molecule has 1 aromatic rings. The average molecular weight is 376 g/mol. The van der Waals surface area contributed by atoms with E-state index >= 15 is 0 Å². The Morgan fingerprint density at radius 2 is 1.89 bits per heavy atom. The van der Waals surface area contributed by atoms with E-state index in [0.29, 0.717) is 11.7 Å². The molecule has 0 aliphatic heterocycles. The first-order valence-electron chi connectivity index (χ1n) is 6.02. The SMILES string of the molecule is Nc1c(Br)cc(Br)cc1/C=N/[C@H]1CC[C@H](O)CC1. The lowest BCUT2D eigenvalue weighted by molar-refractivity contribution is 0.123. The van der Waals surface area contributed by atoms with Gasteiger partial charge in [0.05, 0.1) is 17.8 Å². The Bertz CT molecular complexity index is 455. The third-order valence-corrected chi connectivity index (χ3v) is 4.33. The summed E-state index contributed by atoms with van der Waals surface area (Å²) < 4.78 is 1.85. The van der Waals surface area contributed by atoms with E-state index in [4.69, 9.17) is 5.73 Å². The lowest BCUT2D eigenvalue weighted by Crippen LogP contribution is -2.20. The number of rotatable bonds is 2. The van der Waals surface area contributed by atoms with Crippen molar-refractivity contribution in [1.82, 2.24) is 0 Å². The van der Waals surface area contributed by atoms with Crippen molar-refractivity contribution in [2.45, 2.75) is 37.8 Å². The van der Waals surface area contributed by atoms with Gasteiger partial charge < -0.3 is 10.8 Å². The molecule has 0 bridgehead atoms. The minimum Gasteiger partial charge on any atom is -0.397 e. The number of aliphatic imine (C=N–C) groups is 1. The fraction of sp³-hybridized carbons (Fsp3) is 0.462. The van der Waals surface area contributed by atoms with Gasteiger partial charge in [0.15, 0.2) is 0 Å². The molecular weight excluding hydrogens is 360 g/mol. The molecule has 0 atom stereocenters. The van der Waals surface area contributed by atoms with Gasteiger partial charge in [0.2, 0.25) is 0 Å². The Morgan fingerprint density at radius 1 is 1.22 bits per heavy atom. The lowest BCUT2D eigenvalue weighted by Gasteiger charge is -2.22. The number of aliphatic hydroxyl groups excluding tert-OH is 1. The summed E-state index contributed by atoms with van der Waals surface area (Å²) in [5, 5.41) is 9.44. The highest BCUT2D eigenvalue weighted by atomic mass is 79.9. The summed E-state index contributed by atoms with van der Waals surface area (Å²) in [6, 6.07) is 4.19. The van der Waals surface area contributed by atoms with E-state index in [1.165, 1.54) is 0 Å². The molecule has 18 heavy (non-hydrogen) atoms. The quantitative estimate of drug-likeness (QED) is 0.613. The number of anilines is 1. The van der Waals surface area contributed by atoms with Crippen LogP contribution in [0, 0.1) is 0 Å². The zero-order valence-corrected chi connectivity index (χ0v) is 13.1. The summed E-state index contributed by atoms with van der Waals surface area (Å²) >= 11 is 6.86. The Balaban J connectivity index is 2.09. The Morgan fingerprint density at radius 3 is 2.56 bits per heavy atom. The number of nitrogens with two attached hydrogens (primary N) is 1. The van der Waals surface area contributed by atoms with Crippen LogP contribution in [-0.4, -0.2) is 23.5 Å². The molecule has 0 radical (unpaired) electrons. The molecule has 0 aromatic heterocycles. The van der Waals surface area contributed by atoms with E-state index in [1.807, 2.05) is 18.3 Å². The summed E-state index contributed by atoms with van der Waals surface area (Å²) in [7, 11) is 0. The van der Waals surface area contributed by atoms with E-state index in [0.717, 1.165) is 40.2 Å². The zero-order valence-electron chi connectivity index (χ0n) is 9.94. The Kier molecular flexibility index (Phi) is 4.81. The molecular formula is C13H16Br2N2O. The molecule has 2 rings (SSSR count). The standard InChI is InChI=1S/C13H16Br2N2O/c14-9-5-8(13(16)12(15)6-9)7-17-10-1-3-11(18)4-2-10/h5-7,10-11,18H,1-4,16H2/b17-7+/t10-,11-. The largest absolute Gasteiger partial charge is 0.397 e. The van der Waals surface area contributed by atoms with E-state index in [9.17, 15) is 5.11 Å². The van der Waals surface area contributed by atoms with Gasteiger partial charge in [-0.15, -0.1) is 0 Å². The first-order chi connectivity index (χ1) is 8.56. The van der Waals surface area contributed by atoms with Gasteiger partial charge in [-0.25, -0.2) is 0 Å². The number of aliphatic hydroxyl groups is 1. The van der Waals surface area contributed by atoms with Crippen molar-refractivity contribution in [3.8, 4) is 0 Å². The van der Waals surface area contributed by atoms with E-state index in [1.54, 1.807) is 0 Å². The molecule has 1 aliphatic carbocycles. The monoisotopic (exact) mass is 374 g/mol. The second-order valence-corrected chi connectivity index (χ2v) is 6.40. The third kappa shape index (κ3) is 3.56. The predicted octanol–water partition coefficient (Wildman–Crippen LogP) is 3.52. The van der Waals surface area contributed by atoms with Crippen molar-refractivity contribution >= 4 is 43.8 Å².